The molecule has 88 valence electrons. The van der Waals surface area contributed by atoms with Gasteiger partial charge < -0.3 is 4.74 Å². The van der Waals surface area contributed by atoms with Crippen molar-refractivity contribution >= 4 is 34.6 Å². The van der Waals surface area contributed by atoms with Crippen LogP contribution in [0.4, 0.5) is 5.69 Å². The van der Waals surface area contributed by atoms with Gasteiger partial charge in [0.15, 0.2) is 7.11 Å². The van der Waals surface area contributed by atoms with Crippen LogP contribution in [0.15, 0.2) is 6.07 Å². The smallest absolute Gasteiger partial charge is 0.332 e. The van der Waals surface area contributed by atoms with E-state index in [2.05, 4.69) is 4.84 Å². The van der Waals surface area contributed by atoms with Crippen molar-refractivity contribution in [3.8, 4) is 0 Å². The van der Waals surface area contributed by atoms with Gasteiger partial charge >= 0.3 is 11.7 Å². The Kier molecular flexibility index (Phi) is 4.70. The van der Waals surface area contributed by atoms with Crippen LogP contribution in [0, 0.1) is 4.91 Å². The van der Waals surface area contributed by atoms with Crippen LogP contribution in [0.25, 0.3) is 0 Å². The lowest BCUT2D eigenvalue weighted by Gasteiger charge is -1.98. The summed E-state index contributed by atoms with van der Waals surface area (Å²) in [5.41, 5.74) is 0.241. The minimum atomic E-state index is -0.397. The molecule has 1 rings (SSSR count). The average Bonchev–Trinajstić information content (AvgIpc) is 2.58. The molecule has 1 heterocycles. The minimum absolute atomic E-state index is 0.0165. The Morgan fingerprint density at radius 2 is 2.31 bits per heavy atom. The van der Waals surface area contributed by atoms with Crippen LogP contribution in [-0.2, 0) is 20.8 Å². The molecule has 1 aromatic rings. The second-order valence-corrected chi connectivity index (χ2v) is 4.55. The van der Waals surface area contributed by atoms with Crippen LogP contribution in [0.5, 0.6) is 0 Å². The highest BCUT2D eigenvalue weighted by molar-refractivity contribution is 7.16. The maximum absolute atomic E-state index is 11.3. The molecule has 0 fully saturated rings. The van der Waals surface area contributed by atoms with Crippen molar-refractivity contribution in [1.82, 2.24) is 0 Å². The molecule has 16 heavy (non-hydrogen) atoms. The van der Waals surface area contributed by atoms with Crippen LogP contribution in [-0.4, -0.2) is 24.6 Å². The van der Waals surface area contributed by atoms with Gasteiger partial charge in [0, 0.05) is 0 Å². The molecule has 0 bridgehead atoms. The van der Waals surface area contributed by atoms with Gasteiger partial charge in [-0.15, -0.1) is 11.3 Å². The fourth-order valence-electron chi connectivity index (χ4n) is 1.11. The number of thiophene rings is 1. The molecular weight excluding hydrogens is 254 g/mol. The Balaban J connectivity index is 2.86. The van der Waals surface area contributed by atoms with E-state index >= 15 is 0 Å². The Morgan fingerprint density at radius 1 is 1.62 bits per heavy atom. The number of carbonyl (C=O) groups is 1. The molecule has 0 aromatic carbocycles. The van der Waals surface area contributed by atoms with Gasteiger partial charge in [-0.05, 0) is 6.92 Å². The number of carbonyl (C=O) groups excluding carboxylic acids is 1. The molecule has 0 N–H and O–H groups in total. The summed E-state index contributed by atoms with van der Waals surface area (Å²) in [4.78, 5) is 27.9. The first kappa shape index (κ1) is 12.9. The Labute approximate surface area is 101 Å². The zero-order valence-electron chi connectivity index (χ0n) is 8.86. The highest BCUT2D eigenvalue weighted by atomic mass is 35.5. The standard InChI is InChI=1S/C9H11ClNO4S/c1-3-15-9(12)5-7-6(11(13)14-2)4-8(10)16-7/h4H,3,5H2,1-2H3/q+1. The van der Waals surface area contributed by atoms with Crippen molar-refractivity contribution < 1.29 is 19.3 Å². The lowest BCUT2D eigenvalue weighted by molar-refractivity contribution is -0.736. The summed E-state index contributed by atoms with van der Waals surface area (Å²) in [6.45, 7) is 2.02. The second-order valence-electron chi connectivity index (χ2n) is 2.78. The van der Waals surface area contributed by atoms with Crippen molar-refractivity contribution in [2.45, 2.75) is 13.3 Å². The van der Waals surface area contributed by atoms with E-state index in [4.69, 9.17) is 16.3 Å². The van der Waals surface area contributed by atoms with Crippen LogP contribution in [0.2, 0.25) is 4.34 Å². The van der Waals surface area contributed by atoms with Crippen LogP contribution in [0.1, 0.15) is 11.8 Å². The summed E-state index contributed by atoms with van der Waals surface area (Å²) in [7, 11) is 1.24. The van der Waals surface area contributed by atoms with E-state index in [1.165, 1.54) is 13.2 Å². The average molecular weight is 265 g/mol. The molecule has 7 heteroatoms. The topological polar surface area (TPSA) is 55.6 Å². The third-order valence-corrected chi connectivity index (χ3v) is 2.98. The zero-order chi connectivity index (χ0) is 12.1. The fourth-order valence-corrected chi connectivity index (χ4v) is 2.33. The lowest BCUT2D eigenvalue weighted by Crippen LogP contribution is -2.08. The minimum Gasteiger partial charge on any atom is -0.466 e. The second kappa shape index (κ2) is 5.81. The van der Waals surface area contributed by atoms with Crippen molar-refractivity contribution in [2.75, 3.05) is 13.7 Å². The van der Waals surface area contributed by atoms with Gasteiger partial charge in [-0.3, -0.25) is 4.79 Å². The monoisotopic (exact) mass is 264 g/mol. The quantitative estimate of drug-likeness (QED) is 0.606. The summed E-state index contributed by atoms with van der Waals surface area (Å²) in [5.74, 6) is -0.397. The van der Waals surface area contributed by atoms with Crippen LogP contribution in [0.3, 0.4) is 0 Å². The highest BCUT2D eigenvalue weighted by Gasteiger charge is 2.26. The summed E-state index contributed by atoms with van der Waals surface area (Å²) >= 11 is 6.93. The number of esters is 1. The van der Waals surface area contributed by atoms with E-state index in [1.807, 2.05) is 0 Å². The number of halogens is 1. The molecule has 0 spiro atoms. The van der Waals surface area contributed by atoms with Gasteiger partial charge in [0.05, 0.1) is 28.9 Å². The molecule has 5 nitrogen and oxygen atoms in total. The first-order chi connectivity index (χ1) is 7.58. The molecule has 1 aromatic heterocycles. The summed E-state index contributed by atoms with van der Waals surface area (Å²) in [5, 5.41) is 0. The number of rotatable bonds is 5. The van der Waals surface area contributed by atoms with Gasteiger partial charge in [-0.1, -0.05) is 11.6 Å². The van der Waals surface area contributed by atoms with Crippen molar-refractivity contribution in [1.29, 1.82) is 0 Å². The number of hydrogen-bond acceptors (Lipinski definition) is 5. The Morgan fingerprint density at radius 3 is 2.88 bits per heavy atom. The van der Waals surface area contributed by atoms with Crippen LogP contribution >= 0.6 is 22.9 Å². The maximum atomic E-state index is 11.3. The molecule has 0 aliphatic heterocycles. The van der Waals surface area contributed by atoms with E-state index < -0.39 is 5.97 Å². The number of hydrogen-bond donors (Lipinski definition) is 0. The summed E-state index contributed by atoms with van der Waals surface area (Å²) < 4.78 is 5.21. The normalized spacial score (nSPS) is 9.94. The third kappa shape index (κ3) is 3.18. The first-order valence-corrected chi connectivity index (χ1v) is 5.73. The van der Waals surface area contributed by atoms with E-state index in [9.17, 15) is 9.70 Å². The van der Waals surface area contributed by atoms with Crippen molar-refractivity contribution in [3.63, 3.8) is 0 Å². The van der Waals surface area contributed by atoms with E-state index in [0.29, 0.717) is 20.7 Å². The zero-order valence-corrected chi connectivity index (χ0v) is 10.4. The lowest BCUT2D eigenvalue weighted by atomic mass is 10.3. The number of ether oxygens (including phenoxy) is 1. The van der Waals surface area contributed by atoms with Gasteiger partial charge in [-0.25, -0.2) is 4.84 Å². The van der Waals surface area contributed by atoms with Crippen molar-refractivity contribution in [3.05, 3.63) is 20.2 Å². The third-order valence-electron chi connectivity index (χ3n) is 1.73. The van der Waals surface area contributed by atoms with E-state index in [-0.39, 0.29) is 12.1 Å². The summed E-state index contributed by atoms with van der Waals surface area (Å²) in [6, 6.07) is 1.46. The predicted molar refractivity (Wildman–Crippen MR) is 60.0 cm³/mol. The van der Waals surface area contributed by atoms with Crippen LogP contribution < -0.4 is 0 Å². The van der Waals surface area contributed by atoms with Gasteiger partial charge in [0.25, 0.3) is 4.92 Å². The number of nitrogens with zero attached hydrogens (tertiary/aromatic N) is 1. The molecule has 0 radical (unpaired) electrons. The maximum Gasteiger partial charge on any atom is 0.332 e. The SMILES string of the molecule is CCOC(=O)Cc1sc(Cl)cc1[N+](=O)OC. The Bertz CT molecular complexity index is 404. The predicted octanol–water partition coefficient (Wildman–Crippen LogP) is 2.48. The first-order valence-electron chi connectivity index (χ1n) is 4.53. The van der Waals surface area contributed by atoms with E-state index in [0.717, 1.165) is 11.3 Å². The molecule has 0 amide bonds. The molecule has 0 unspecified atom stereocenters. The van der Waals surface area contributed by atoms with E-state index in [1.54, 1.807) is 6.92 Å². The van der Waals surface area contributed by atoms with Gasteiger partial charge in [0.1, 0.15) is 4.34 Å². The molecule has 0 saturated carbocycles. The van der Waals surface area contributed by atoms with Gasteiger partial charge in [0.2, 0.25) is 0 Å². The molecule has 0 aliphatic carbocycles. The van der Waals surface area contributed by atoms with Crippen molar-refractivity contribution in [2.24, 2.45) is 0 Å². The largest absolute Gasteiger partial charge is 0.466 e. The highest BCUT2D eigenvalue weighted by Crippen LogP contribution is 2.33. The van der Waals surface area contributed by atoms with Gasteiger partial charge in [-0.2, -0.15) is 0 Å². The Hall–Kier alpha value is -1.14. The fraction of sp³-hybridized carbons (Fsp3) is 0.444. The molecule has 0 atom stereocenters. The summed E-state index contributed by atoms with van der Waals surface area (Å²) in [6.07, 6.45) is 0.0165. The molecule has 0 saturated heterocycles. The molecule has 0 aliphatic rings. The molecular formula is C9H11ClNO4S+.